The molecule has 0 aliphatic heterocycles. The SMILES string of the molecule is CC(C)(C)OCC(=O)Nc1ccc(Br)cc1. The molecule has 1 N–H and O–H groups in total. The van der Waals surface area contributed by atoms with Crippen LogP contribution in [0.2, 0.25) is 0 Å². The van der Waals surface area contributed by atoms with E-state index in [9.17, 15) is 4.79 Å². The topological polar surface area (TPSA) is 38.3 Å². The molecule has 0 bridgehead atoms. The number of ether oxygens (including phenoxy) is 1. The molecular weight excluding hydrogens is 270 g/mol. The fraction of sp³-hybridized carbons (Fsp3) is 0.417. The van der Waals surface area contributed by atoms with Crippen LogP contribution < -0.4 is 5.32 Å². The van der Waals surface area contributed by atoms with Gasteiger partial charge in [-0.3, -0.25) is 4.79 Å². The molecule has 0 fully saturated rings. The van der Waals surface area contributed by atoms with Crippen LogP contribution in [-0.2, 0) is 9.53 Å². The predicted octanol–water partition coefficient (Wildman–Crippen LogP) is 3.20. The van der Waals surface area contributed by atoms with E-state index in [0.717, 1.165) is 10.2 Å². The summed E-state index contributed by atoms with van der Waals surface area (Å²) in [6, 6.07) is 7.42. The summed E-state index contributed by atoms with van der Waals surface area (Å²) in [5, 5.41) is 2.76. The molecule has 0 aliphatic rings. The zero-order chi connectivity index (χ0) is 12.2. The minimum atomic E-state index is -0.295. The van der Waals surface area contributed by atoms with Crippen molar-refractivity contribution >= 4 is 27.5 Å². The van der Waals surface area contributed by atoms with E-state index in [0.29, 0.717) is 0 Å². The zero-order valence-electron chi connectivity index (χ0n) is 9.71. The molecule has 0 aromatic heterocycles. The van der Waals surface area contributed by atoms with Gasteiger partial charge in [0.15, 0.2) is 0 Å². The third-order valence-corrected chi connectivity index (χ3v) is 2.29. The van der Waals surface area contributed by atoms with Gasteiger partial charge in [0.2, 0.25) is 5.91 Å². The van der Waals surface area contributed by atoms with Gasteiger partial charge in [0.25, 0.3) is 0 Å². The molecule has 0 unspecified atom stereocenters. The zero-order valence-corrected chi connectivity index (χ0v) is 11.3. The average Bonchev–Trinajstić information content (AvgIpc) is 2.18. The first-order valence-electron chi connectivity index (χ1n) is 5.06. The van der Waals surface area contributed by atoms with E-state index in [1.165, 1.54) is 0 Å². The van der Waals surface area contributed by atoms with Crippen LogP contribution in [0.15, 0.2) is 28.7 Å². The highest BCUT2D eigenvalue weighted by molar-refractivity contribution is 9.10. The minimum Gasteiger partial charge on any atom is -0.366 e. The maximum Gasteiger partial charge on any atom is 0.250 e. The van der Waals surface area contributed by atoms with Crippen molar-refractivity contribution in [2.24, 2.45) is 0 Å². The fourth-order valence-corrected chi connectivity index (χ4v) is 1.28. The van der Waals surface area contributed by atoms with Gasteiger partial charge < -0.3 is 10.1 Å². The molecule has 1 aromatic carbocycles. The van der Waals surface area contributed by atoms with Crippen molar-refractivity contribution in [3.05, 3.63) is 28.7 Å². The van der Waals surface area contributed by atoms with Gasteiger partial charge in [-0.25, -0.2) is 0 Å². The Balaban J connectivity index is 2.43. The number of nitrogens with one attached hydrogen (secondary N) is 1. The number of halogens is 1. The molecule has 0 saturated carbocycles. The van der Waals surface area contributed by atoms with Crippen molar-refractivity contribution in [3.8, 4) is 0 Å². The second kappa shape index (κ2) is 5.46. The van der Waals surface area contributed by atoms with Gasteiger partial charge >= 0.3 is 0 Å². The van der Waals surface area contributed by atoms with E-state index in [1.807, 2.05) is 45.0 Å². The van der Waals surface area contributed by atoms with E-state index >= 15 is 0 Å². The highest BCUT2D eigenvalue weighted by Gasteiger charge is 2.12. The highest BCUT2D eigenvalue weighted by Crippen LogP contribution is 2.14. The van der Waals surface area contributed by atoms with Crippen LogP contribution in [0.25, 0.3) is 0 Å². The van der Waals surface area contributed by atoms with E-state index in [-0.39, 0.29) is 18.1 Å². The maximum absolute atomic E-state index is 11.5. The Kier molecular flexibility index (Phi) is 4.50. The van der Waals surface area contributed by atoms with Crippen molar-refractivity contribution in [1.29, 1.82) is 0 Å². The smallest absolute Gasteiger partial charge is 0.250 e. The lowest BCUT2D eigenvalue weighted by Gasteiger charge is -2.18. The molecular formula is C12H16BrNO2. The molecule has 16 heavy (non-hydrogen) atoms. The summed E-state index contributed by atoms with van der Waals surface area (Å²) in [7, 11) is 0. The van der Waals surface area contributed by atoms with Crippen LogP contribution in [0.1, 0.15) is 20.8 Å². The number of benzene rings is 1. The van der Waals surface area contributed by atoms with Crippen molar-refractivity contribution in [2.75, 3.05) is 11.9 Å². The molecule has 4 heteroatoms. The lowest BCUT2D eigenvalue weighted by atomic mass is 10.2. The summed E-state index contributed by atoms with van der Waals surface area (Å²) in [6.07, 6.45) is 0. The number of hydrogen-bond acceptors (Lipinski definition) is 2. The van der Waals surface area contributed by atoms with Gasteiger partial charge in [-0.2, -0.15) is 0 Å². The summed E-state index contributed by atoms with van der Waals surface area (Å²) >= 11 is 3.33. The standard InChI is InChI=1S/C12H16BrNO2/c1-12(2,3)16-8-11(15)14-10-6-4-9(13)5-7-10/h4-7H,8H2,1-3H3,(H,14,15). The molecule has 1 aromatic rings. The summed E-state index contributed by atoms with van der Waals surface area (Å²) < 4.78 is 6.35. The fourth-order valence-electron chi connectivity index (χ4n) is 1.01. The van der Waals surface area contributed by atoms with Crippen LogP contribution in [0.5, 0.6) is 0 Å². The Labute approximate surface area is 104 Å². The van der Waals surface area contributed by atoms with Crippen molar-refractivity contribution in [3.63, 3.8) is 0 Å². The number of rotatable bonds is 3. The molecule has 0 heterocycles. The first kappa shape index (κ1) is 13.2. The largest absolute Gasteiger partial charge is 0.366 e. The van der Waals surface area contributed by atoms with E-state index in [4.69, 9.17) is 4.74 Å². The molecule has 0 atom stereocenters. The van der Waals surface area contributed by atoms with Crippen molar-refractivity contribution in [1.82, 2.24) is 0 Å². The Bertz CT molecular complexity index is 354. The summed E-state index contributed by atoms with van der Waals surface area (Å²) in [5.41, 5.74) is 0.475. The second-order valence-corrected chi connectivity index (χ2v) is 5.37. The van der Waals surface area contributed by atoms with Crippen molar-refractivity contribution in [2.45, 2.75) is 26.4 Å². The predicted molar refractivity (Wildman–Crippen MR) is 68.5 cm³/mol. The number of carbonyl (C=O) groups excluding carboxylic acids is 1. The third kappa shape index (κ3) is 5.28. The van der Waals surface area contributed by atoms with E-state index in [1.54, 1.807) is 0 Å². The lowest BCUT2D eigenvalue weighted by Crippen LogP contribution is -2.27. The normalized spacial score (nSPS) is 11.2. The van der Waals surface area contributed by atoms with Gasteiger partial charge in [0.1, 0.15) is 6.61 Å². The third-order valence-electron chi connectivity index (χ3n) is 1.76. The van der Waals surface area contributed by atoms with Gasteiger partial charge in [-0.05, 0) is 45.0 Å². The second-order valence-electron chi connectivity index (χ2n) is 4.46. The van der Waals surface area contributed by atoms with Gasteiger partial charge in [-0.1, -0.05) is 15.9 Å². The average molecular weight is 286 g/mol. The van der Waals surface area contributed by atoms with E-state index < -0.39 is 0 Å². The molecule has 88 valence electrons. The van der Waals surface area contributed by atoms with Gasteiger partial charge in [0, 0.05) is 10.2 Å². The van der Waals surface area contributed by atoms with Crippen LogP contribution in [0.3, 0.4) is 0 Å². The van der Waals surface area contributed by atoms with Crippen LogP contribution in [0.4, 0.5) is 5.69 Å². The van der Waals surface area contributed by atoms with Gasteiger partial charge in [-0.15, -0.1) is 0 Å². The lowest BCUT2D eigenvalue weighted by molar-refractivity contribution is -0.125. The first-order chi connectivity index (χ1) is 7.37. The van der Waals surface area contributed by atoms with Gasteiger partial charge in [0.05, 0.1) is 5.60 Å². The van der Waals surface area contributed by atoms with E-state index in [2.05, 4.69) is 21.2 Å². The number of amides is 1. The Morgan fingerprint density at radius 3 is 2.38 bits per heavy atom. The summed E-state index contributed by atoms with van der Waals surface area (Å²) in [6.45, 7) is 5.82. The number of anilines is 1. The first-order valence-corrected chi connectivity index (χ1v) is 5.85. The monoisotopic (exact) mass is 285 g/mol. The number of hydrogen-bond donors (Lipinski definition) is 1. The molecule has 1 amide bonds. The highest BCUT2D eigenvalue weighted by atomic mass is 79.9. The molecule has 0 aliphatic carbocycles. The Hall–Kier alpha value is -0.870. The Morgan fingerprint density at radius 2 is 1.88 bits per heavy atom. The van der Waals surface area contributed by atoms with Crippen LogP contribution in [-0.4, -0.2) is 18.1 Å². The molecule has 3 nitrogen and oxygen atoms in total. The van der Waals surface area contributed by atoms with Crippen molar-refractivity contribution < 1.29 is 9.53 Å². The summed E-state index contributed by atoms with van der Waals surface area (Å²) in [4.78, 5) is 11.5. The van der Waals surface area contributed by atoms with Crippen LogP contribution >= 0.6 is 15.9 Å². The summed E-state index contributed by atoms with van der Waals surface area (Å²) in [5.74, 6) is -0.141. The Morgan fingerprint density at radius 1 is 1.31 bits per heavy atom. The molecule has 0 saturated heterocycles. The molecule has 1 rings (SSSR count). The molecule has 0 radical (unpaired) electrons. The minimum absolute atomic E-state index is 0.0690. The number of carbonyl (C=O) groups is 1. The van der Waals surface area contributed by atoms with Crippen LogP contribution in [0, 0.1) is 0 Å². The quantitative estimate of drug-likeness (QED) is 0.926. The molecule has 0 spiro atoms. The maximum atomic E-state index is 11.5.